The van der Waals surface area contributed by atoms with E-state index in [0.717, 1.165) is 12.0 Å². The Labute approximate surface area is 140 Å². The van der Waals surface area contributed by atoms with Crippen LogP contribution in [0.4, 0.5) is 0 Å². The molecule has 0 saturated heterocycles. The summed E-state index contributed by atoms with van der Waals surface area (Å²) >= 11 is 0. The summed E-state index contributed by atoms with van der Waals surface area (Å²) in [6.07, 6.45) is 2.81. The van der Waals surface area contributed by atoms with E-state index in [1.54, 1.807) is 0 Å². The first kappa shape index (κ1) is 15.9. The molecule has 6 nitrogen and oxygen atoms in total. The standard InChI is InChI=1S/C18H19N5O/c24-18(19-12-11-15-7-3-1-4-8-15)17(23-14-20-21-22-23)13-16-9-5-2-6-10-16/h1-10,14,17H,11-13H2,(H,19,24)/t17-/m1/s1. The van der Waals surface area contributed by atoms with E-state index in [2.05, 4.69) is 33.0 Å². The lowest BCUT2D eigenvalue weighted by Crippen LogP contribution is -2.35. The van der Waals surface area contributed by atoms with Crippen LogP contribution in [0.1, 0.15) is 17.2 Å². The summed E-state index contributed by atoms with van der Waals surface area (Å²) in [6.45, 7) is 0.580. The molecule has 6 heteroatoms. The van der Waals surface area contributed by atoms with Gasteiger partial charge in [-0.3, -0.25) is 4.79 Å². The largest absolute Gasteiger partial charge is 0.354 e. The normalized spacial score (nSPS) is 11.8. The third-order valence-electron chi connectivity index (χ3n) is 3.81. The van der Waals surface area contributed by atoms with E-state index >= 15 is 0 Å². The van der Waals surface area contributed by atoms with Gasteiger partial charge >= 0.3 is 0 Å². The summed E-state index contributed by atoms with van der Waals surface area (Å²) in [4.78, 5) is 12.6. The molecule has 0 radical (unpaired) electrons. The monoisotopic (exact) mass is 321 g/mol. The predicted molar refractivity (Wildman–Crippen MR) is 90.2 cm³/mol. The molecular weight excluding hydrogens is 302 g/mol. The van der Waals surface area contributed by atoms with Gasteiger partial charge in [-0.2, -0.15) is 0 Å². The number of rotatable bonds is 7. The number of nitrogens with zero attached hydrogens (tertiary/aromatic N) is 4. The number of hydrogen-bond donors (Lipinski definition) is 1. The number of carbonyl (C=O) groups excluding carboxylic acids is 1. The Morgan fingerprint density at radius 3 is 2.29 bits per heavy atom. The zero-order chi connectivity index (χ0) is 16.6. The molecule has 1 amide bonds. The number of amides is 1. The Morgan fingerprint density at radius 2 is 1.67 bits per heavy atom. The van der Waals surface area contributed by atoms with E-state index in [9.17, 15) is 4.79 Å². The van der Waals surface area contributed by atoms with Crippen molar-refractivity contribution < 1.29 is 4.79 Å². The van der Waals surface area contributed by atoms with Gasteiger partial charge in [0.05, 0.1) is 0 Å². The summed E-state index contributed by atoms with van der Waals surface area (Å²) in [7, 11) is 0. The highest BCUT2D eigenvalue weighted by Gasteiger charge is 2.21. The molecule has 24 heavy (non-hydrogen) atoms. The van der Waals surface area contributed by atoms with Gasteiger partial charge in [-0.05, 0) is 28.0 Å². The van der Waals surface area contributed by atoms with Gasteiger partial charge < -0.3 is 5.32 Å². The number of hydrogen-bond acceptors (Lipinski definition) is 4. The van der Waals surface area contributed by atoms with Crippen molar-refractivity contribution in [3.63, 3.8) is 0 Å². The Balaban J connectivity index is 1.63. The van der Waals surface area contributed by atoms with Gasteiger partial charge in [0.2, 0.25) is 5.91 Å². The lowest BCUT2D eigenvalue weighted by atomic mass is 10.1. The molecule has 1 heterocycles. The average Bonchev–Trinajstić information content (AvgIpc) is 3.16. The number of tetrazole rings is 1. The number of nitrogens with one attached hydrogen (secondary N) is 1. The van der Waals surface area contributed by atoms with Crippen molar-refractivity contribution in [1.29, 1.82) is 0 Å². The van der Waals surface area contributed by atoms with E-state index < -0.39 is 6.04 Å². The fourth-order valence-electron chi connectivity index (χ4n) is 2.55. The Morgan fingerprint density at radius 1 is 1.00 bits per heavy atom. The van der Waals surface area contributed by atoms with Crippen molar-refractivity contribution in [3.8, 4) is 0 Å². The molecule has 122 valence electrons. The van der Waals surface area contributed by atoms with E-state index in [1.165, 1.54) is 16.6 Å². The smallest absolute Gasteiger partial charge is 0.245 e. The maximum absolute atomic E-state index is 12.6. The summed E-state index contributed by atoms with van der Waals surface area (Å²) in [5.41, 5.74) is 2.26. The van der Waals surface area contributed by atoms with Crippen LogP contribution >= 0.6 is 0 Å². The minimum absolute atomic E-state index is 0.0814. The number of aromatic nitrogens is 4. The molecule has 1 atom stereocenters. The van der Waals surface area contributed by atoms with Crippen LogP contribution in [0.25, 0.3) is 0 Å². The van der Waals surface area contributed by atoms with Gasteiger partial charge in [-0.1, -0.05) is 60.7 Å². The van der Waals surface area contributed by atoms with E-state index in [1.807, 2.05) is 48.5 Å². The zero-order valence-electron chi connectivity index (χ0n) is 13.2. The van der Waals surface area contributed by atoms with Crippen molar-refractivity contribution in [3.05, 3.63) is 78.1 Å². The third kappa shape index (κ3) is 4.25. The third-order valence-corrected chi connectivity index (χ3v) is 3.81. The lowest BCUT2D eigenvalue weighted by Gasteiger charge is -2.16. The zero-order valence-corrected chi connectivity index (χ0v) is 13.2. The molecule has 0 unspecified atom stereocenters. The highest BCUT2D eigenvalue weighted by Crippen LogP contribution is 2.13. The molecule has 0 aliphatic carbocycles. The second kappa shape index (κ2) is 8.01. The average molecular weight is 321 g/mol. The molecule has 1 aromatic heterocycles. The molecule has 1 N–H and O–H groups in total. The maximum Gasteiger partial charge on any atom is 0.245 e. The predicted octanol–water partition coefficient (Wildman–Crippen LogP) is 1.82. The van der Waals surface area contributed by atoms with Crippen LogP contribution in [0.5, 0.6) is 0 Å². The summed E-state index contributed by atoms with van der Waals surface area (Å²) in [6, 6.07) is 19.5. The highest BCUT2D eigenvalue weighted by molar-refractivity contribution is 5.80. The van der Waals surface area contributed by atoms with Gasteiger partial charge in [-0.25, -0.2) is 4.68 Å². The summed E-state index contributed by atoms with van der Waals surface area (Å²) in [5.74, 6) is -0.0814. The van der Waals surface area contributed by atoms with Gasteiger partial charge in [0.1, 0.15) is 12.4 Å². The first-order valence-corrected chi connectivity index (χ1v) is 7.91. The summed E-state index contributed by atoms with van der Waals surface area (Å²) in [5, 5.41) is 14.2. The quantitative estimate of drug-likeness (QED) is 0.720. The highest BCUT2D eigenvalue weighted by atomic mass is 16.2. The molecule has 0 aliphatic heterocycles. The van der Waals surface area contributed by atoms with Crippen LogP contribution in [0.3, 0.4) is 0 Å². The van der Waals surface area contributed by atoms with Gasteiger partial charge in [0, 0.05) is 13.0 Å². The van der Waals surface area contributed by atoms with E-state index in [4.69, 9.17) is 0 Å². The van der Waals surface area contributed by atoms with E-state index in [-0.39, 0.29) is 5.91 Å². The molecule has 0 bridgehead atoms. The van der Waals surface area contributed by atoms with Crippen LogP contribution in [0, 0.1) is 0 Å². The Kier molecular flexibility index (Phi) is 5.29. The van der Waals surface area contributed by atoms with Crippen LogP contribution in [-0.2, 0) is 17.6 Å². The van der Waals surface area contributed by atoms with Crippen molar-refractivity contribution >= 4 is 5.91 Å². The number of carbonyl (C=O) groups is 1. The van der Waals surface area contributed by atoms with Crippen LogP contribution < -0.4 is 5.32 Å². The van der Waals surface area contributed by atoms with E-state index in [0.29, 0.717) is 13.0 Å². The van der Waals surface area contributed by atoms with Crippen LogP contribution in [0.2, 0.25) is 0 Å². The second-order valence-electron chi connectivity index (χ2n) is 5.52. The van der Waals surface area contributed by atoms with Crippen molar-refractivity contribution in [2.24, 2.45) is 0 Å². The molecule has 3 aromatic rings. The second-order valence-corrected chi connectivity index (χ2v) is 5.52. The van der Waals surface area contributed by atoms with Crippen LogP contribution in [0.15, 0.2) is 67.0 Å². The topological polar surface area (TPSA) is 72.7 Å². The first-order valence-electron chi connectivity index (χ1n) is 7.91. The molecule has 0 saturated carbocycles. The Bertz CT molecular complexity index is 744. The molecule has 0 aliphatic rings. The summed E-state index contributed by atoms with van der Waals surface area (Å²) < 4.78 is 1.50. The fraction of sp³-hybridized carbons (Fsp3) is 0.222. The first-order chi connectivity index (χ1) is 11.8. The maximum atomic E-state index is 12.6. The molecular formula is C18H19N5O. The Hall–Kier alpha value is -3.02. The molecule has 0 spiro atoms. The van der Waals surface area contributed by atoms with Gasteiger partial charge in [-0.15, -0.1) is 5.10 Å². The minimum atomic E-state index is -0.460. The number of benzene rings is 2. The van der Waals surface area contributed by atoms with Crippen molar-refractivity contribution in [1.82, 2.24) is 25.5 Å². The minimum Gasteiger partial charge on any atom is -0.354 e. The van der Waals surface area contributed by atoms with Gasteiger partial charge in [0.25, 0.3) is 0 Å². The van der Waals surface area contributed by atoms with Gasteiger partial charge in [0.15, 0.2) is 0 Å². The van der Waals surface area contributed by atoms with Crippen molar-refractivity contribution in [2.45, 2.75) is 18.9 Å². The van der Waals surface area contributed by atoms with Crippen molar-refractivity contribution in [2.75, 3.05) is 6.54 Å². The molecule has 0 fully saturated rings. The molecule has 3 rings (SSSR count). The molecule has 2 aromatic carbocycles. The SMILES string of the molecule is O=C(NCCc1ccccc1)[C@@H](Cc1ccccc1)n1cnnn1. The van der Waals surface area contributed by atoms with Crippen LogP contribution in [-0.4, -0.2) is 32.7 Å². The fourth-order valence-corrected chi connectivity index (χ4v) is 2.55. The lowest BCUT2D eigenvalue weighted by molar-refractivity contribution is -0.124.